The Labute approximate surface area is 123 Å². The predicted molar refractivity (Wildman–Crippen MR) is 79.3 cm³/mol. The summed E-state index contributed by atoms with van der Waals surface area (Å²) < 4.78 is 1.59. The number of benzene rings is 1. The monoisotopic (exact) mass is 310 g/mol. The minimum absolute atomic E-state index is 0.119. The summed E-state index contributed by atoms with van der Waals surface area (Å²) >= 11 is 13.0. The number of thiazole rings is 1. The highest BCUT2D eigenvalue weighted by Crippen LogP contribution is 2.25. The molecule has 0 aliphatic carbocycles. The van der Waals surface area contributed by atoms with Crippen LogP contribution >= 0.6 is 34.5 Å². The highest BCUT2D eigenvalue weighted by molar-refractivity contribution is 7.15. The quantitative estimate of drug-likeness (QED) is 0.674. The van der Waals surface area contributed by atoms with Crippen LogP contribution in [0, 0.1) is 0 Å². The van der Waals surface area contributed by atoms with Gasteiger partial charge in [-0.1, -0.05) is 23.7 Å². The van der Waals surface area contributed by atoms with Crippen molar-refractivity contribution in [1.82, 2.24) is 9.38 Å². The Kier molecular flexibility index (Phi) is 3.31. The first kappa shape index (κ1) is 12.7. The summed E-state index contributed by atoms with van der Waals surface area (Å²) in [6.45, 7) is 0. The Morgan fingerprint density at radius 3 is 2.68 bits per heavy atom. The standard InChI is InChI=1S/C13H8Cl2N2OS/c14-6-10-5-12(18)17-11(7-19-13(17)16-10)8-1-3-9(15)4-2-8/h1-5,7H,6H2. The van der Waals surface area contributed by atoms with Gasteiger partial charge in [0.2, 0.25) is 0 Å². The molecule has 0 fully saturated rings. The van der Waals surface area contributed by atoms with Crippen LogP contribution in [-0.2, 0) is 5.88 Å². The van der Waals surface area contributed by atoms with Crippen LogP contribution in [-0.4, -0.2) is 9.38 Å². The largest absolute Gasteiger partial charge is 0.269 e. The molecule has 19 heavy (non-hydrogen) atoms. The third kappa shape index (κ3) is 2.27. The average Bonchev–Trinajstić information content (AvgIpc) is 2.84. The maximum atomic E-state index is 12.1. The lowest BCUT2D eigenvalue weighted by molar-refractivity contribution is 1.04. The summed E-state index contributed by atoms with van der Waals surface area (Å²) in [5, 5.41) is 2.57. The molecule has 96 valence electrons. The zero-order chi connectivity index (χ0) is 13.4. The van der Waals surface area contributed by atoms with Crippen molar-refractivity contribution in [2.45, 2.75) is 5.88 Å². The van der Waals surface area contributed by atoms with Crippen molar-refractivity contribution >= 4 is 39.5 Å². The van der Waals surface area contributed by atoms with Crippen molar-refractivity contribution in [3.63, 3.8) is 0 Å². The zero-order valence-electron chi connectivity index (χ0n) is 9.64. The summed E-state index contributed by atoms with van der Waals surface area (Å²) in [5.74, 6) is 0.236. The van der Waals surface area contributed by atoms with E-state index in [0.29, 0.717) is 15.7 Å². The predicted octanol–water partition coefficient (Wildman–Crippen LogP) is 3.82. The molecule has 3 nitrogen and oxygen atoms in total. The molecule has 2 aromatic heterocycles. The lowest BCUT2D eigenvalue weighted by Crippen LogP contribution is -2.14. The second-order valence-electron chi connectivity index (χ2n) is 3.97. The molecule has 3 aromatic rings. The minimum atomic E-state index is -0.119. The van der Waals surface area contributed by atoms with Crippen molar-refractivity contribution in [3.8, 4) is 11.3 Å². The molecule has 0 amide bonds. The van der Waals surface area contributed by atoms with Gasteiger partial charge in [-0.15, -0.1) is 22.9 Å². The first-order valence-electron chi connectivity index (χ1n) is 5.51. The first-order valence-corrected chi connectivity index (χ1v) is 7.30. The molecule has 1 aromatic carbocycles. The number of aromatic nitrogens is 2. The normalized spacial score (nSPS) is 11.1. The third-order valence-electron chi connectivity index (χ3n) is 2.73. The van der Waals surface area contributed by atoms with Gasteiger partial charge >= 0.3 is 0 Å². The number of alkyl halides is 1. The van der Waals surface area contributed by atoms with Crippen LogP contribution in [0.25, 0.3) is 16.2 Å². The second-order valence-corrected chi connectivity index (χ2v) is 5.51. The molecule has 0 N–H and O–H groups in total. The topological polar surface area (TPSA) is 34.4 Å². The molecule has 2 heterocycles. The number of fused-ring (bicyclic) bond motifs is 1. The van der Waals surface area contributed by atoms with E-state index in [1.54, 1.807) is 16.5 Å². The van der Waals surface area contributed by atoms with E-state index in [2.05, 4.69) is 4.98 Å². The van der Waals surface area contributed by atoms with E-state index in [-0.39, 0.29) is 11.4 Å². The Bertz CT molecular complexity index is 793. The fourth-order valence-corrected chi connectivity index (χ4v) is 3.04. The van der Waals surface area contributed by atoms with Gasteiger partial charge in [-0.05, 0) is 17.7 Å². The second kappa shape index (κ2) is 4.96. The Morgan fingerprint density at radius 1 is 1.26 bits per heavy atom. The van der Waals surface area contributed by atoms with Crippen molar-refractivity contribution < 1.29 is 0 Å². The van der Waals surface area contributed by atoms with Crippen LogP contribution in [0.3, 0.4) is 0 Å². The maximum Gasteiger partial charge on any atom is 0.259 e. The molecule has 0 saturated heterocycles. The third-order valence-corrected chi connectivity index (χ3v) is 4.09. The molecule has 0 atom stereocenters. The number of nitrogens with zero attached hydrogens (tertiary/aromatic N) is 2. The Balaban J connectivity index is 2.26. The summed E-state index contributed by atoms with van der Waals surface area (Å²) in [6.07, 6.45) is 0. The van der Waals surface area contributed by atoms with Crippen LogP contribution in [0.2, 0.25) is 5.02 Å². The maximum absolute atomic E-state index is 12.1. The molecule has 0 spiro atoms. The molecular weight excluding hydrogens is 303 g/mol. The summed E-state index contributed by atoms with van der Waals surface area (Å²) in [6, 6.07) is 8.82. The molecule has 0 saturated carbocycles. The van der Waals surface area contributed by atoms with Crippen LogP contribution < -0.4 is 5.56 Å². The van der Waals surface area contributed by atoms with Crippen molar-refractivity contribution in [2.24, 2.45) is 0 Å². The molecule has 0 radical (unpaired) electrons. The number of rotatable bonds is 2. The van der Waals surface area contributed by atoms with E-state index in [1.165, 1.54) is 17.4 Å². The molecular formula is C13H8Cl2N2OS. The lowest BCUT2D eigenvalue weighted by Gasteiger charge is -2.02. The van der Waals surface area contributed by atoms with E-state index in [0.717, 1.165) is 11.3 Å². The molecule has 0 bridgehead atoms. The van der Waals surface area contributed by atoms with Gasteiger partial charge in [-0.3, -0.25) is 9.20 Å². The van der Waals surface area contributed by atoms with Gasteiger partial charge in [0.05, 0.1) is 17.3 Å². The fraction of sp³-hybridized carbons (Fsp3) is 0.0769. The summed E-state index contributed by atoms with van der Waals surface area (Å²) in [4.78, 5) is 17.1. The molecule has 6 heteroatoms. The highest BCUT2D eigenvalue weighted by Gasteiger charge is 2.10. The minimum Gasteiger partial charge on any atom is -0.269 e. The van der Waals surface area contributed by atoms with Crippen LogP contribution in [0.4, 0.5) is 0 Å². The number of hydrogen-bond donors (Lipinski definition) is 0. The van der Waals surface area contributed by atoms with Crippen LogP contribution in [0.15, 0.2) is 40.5 Å². The van der Waals surface area contributed by atoms with E-state index in [4.69, 9.17) is 23.2 Å². The van der Waals surface area contributed by atoms with Gasteiger partial charge in [-0.2, -0.15) is 0 Å². The lowest BCUT2D eigenvalue weighted by atomic mass is 10.2. The van der Waals surface area contributed by atoms with Gasteiger partial charge in [-0.25, -0.2) is 4.98 Å². The van der Waals surface area contributed by atoms with Gasteiger partial charge in [0.15, 0.2) is 4.96 Å². The van der Waals surface area contributed by atoms with Crippen molar-refractivity contribution in [2.75, 3.05) is 0 Å². The van der Waals surface area contributed by atoms with Gasteiger partial charge in [0, 0.05) is 16.5 Å². The fourth-order valence-electron chi connectivity index (χ4n) is 1.85. The van der Waals surface area contributed by atoms with Crippen molar-refractivity contribution in [1.29, 1.82) is 0 Å². The molecule has 0 unspecified atom stereocenters. The first-order chi connectivity index (χ1) is 9.19. The Morgan fingerprint density at radius 2 is 2.00 bits per heavy atom. The van der Waals surface area contributed by atoms with Gasteiger partial charge in [0.1, 0.15) is 0 Å². The Hall–Kier alpha value is -1.36. The molecule has 3 rings (SSSR count). The highest BCUT2D eigenvalue weighted by atomic mass is 35.5. The van der Waals surface area contributed by atoms with E-state index < -0.39 is 0 Å². The number of hydrogen-bond acceptors (Lipinski definition) is 3. The average molecular weight is 311 g/mol. The van der Waals surface area contributed by atoms with E-state index >= 15 is 0 Å². The smallest absolute Gasteiger partial charge is 0.259 e. The van der Waals surface area contributed by atoms with Crippen LogP contribution in [0.1, 0.15) is 5.69 Å². The van der Waals surface area contributed by atoms with Crippen LogP contribution in [0.5, 0.6) is 0 Å². The molecule has 0 aliphatic rings. The summed E-state index contributed by atoms with van der Waals surface area (Å²) in [5.41, 5.74) is 2.22. The zero-order valence-corrected chi connectivity index (χ0v) is 12.0. The number of halogens is 2. The van der Waals surface area contributed by atoms with Gasteiger partial charge in [0.25, 0.3) is 5.56 Å². The SMILES string of the molecule is O=c1cc(CCl)nc2scc(-c3ccc(Cl)cc3)n12. The van der Waals surface area contributed by atoms with E-state index in [9.17, 15) is 4.79 Å². The van der Waals surface area contributed by atoms with Gasteiger partial charge < -0.3 is 0 Å². The van der Waals surface area contributed by atoms with Crippen molar-refractivity contribution in [3.05, 3.63) is 56.8 Å². The molecule has 0 aliphatic heterocycles. The van der Waals surface area contributed by atoms with E-state index in [1.807, 2.05) is 17.5 Å². The summed E-state index contributed by atoms with van der Waals surface area (Å²) in [7, 11) is 0.